The molecular formula is C8H8S. The standard InChI is InChI=1S/C8H8S/c1-2-7-4-5-9-6-8(7)3-1/h2,4-6H,1,3H2. The van der Waals surface area contributed by atoms with Gasteiger partial charge in [0, 0.05) is 0 Å². The number of rotatable bonds is 0. The molecule has 0 bridgehead atoms. The molecule has 0 nitrogen and oxygen atoms in total. The molecule has 0 saturated carbocycles. The first kappa shape index (κ1) is 5.36. The molecule has 0 N–H and O–H groups in total. The van der Waals surface area contributed by atoms with Gasteiger partial charge in [0.1, 0.15) is 0 Å². The fraction of sp³-hybridized carbons (Fsp3) is 0.250. The number of thioether (sulfide) groups is 1. The highest BCUT2D eigenvalue weighted by Crippen LogP contribution is 2.32. The minimum Gasteiger partial charge on any atom is -0.106 e. The summed E-state index contributed by atoms with van der Waals surface area (Å²) in [4.78, 5) is 0. The van der Waals surface area contributed by atoms with Gasteiger partial charge < -0.3 is 0 Å². The molecule has 0 spiro atoms. The second kappa shape index (κ2) is 2.07. The summed E-state index contributed by atoms with van der Waals surface area (Å²) in [6.45, 7) is 0. The largest absolute Gasteiger partial charge is 0.106 e. The van der Waals surface area contributed by atoms with Crippen LogP contribution in [0.25, 0.3) is 0 Å². The van der Waals surface area contributed by atoms with Crippen LogP contribution >= 0.6 is 11.8 Å². The first-order valence-electron chi connectivity index (χ1n) is 3.18. The summed E-state index contributed by atoms with van der Waals surface area (Å²) in [6.07, 6.45) is 7.01. The van der Waals surface area contributed by atoms with E-state index >= 15 is 0 Å². The highest BCUT2D eigenvalue weighted by Gasteiger charge is 2.09. The van der Waals surface area contributed by atoms with E-state index in [-0.39, 0.29) is 0 Å². The van der Waals surface area contributed by atoms with E-state index in [0.717, 1.165) is 0 Å². The van der Waals surface area contributed by atoms with Crippen LogP contribution in [0.2, 0.25) is 0 Å². The van der Waals surface area contributed by atoms with Gasteiger partial charge in [-0.05, 0) is 40.9 Å². The van der Waals surface area contributed by atoms with Crippen molar-refractivity contribution in [3.05, 3.63) is 34.1 Å². The normalized spacial score (nSPS) is 23.1. The molecule has 9 heavy (non-hydrogen) atoms. The average molecular weight is 136 g/mol. The Morgan fingerprint density at radius 2 is 2.44 bits per heavy atom. The number of fused-ring (bicyclic) bond motifs is 1. The Kier molecular flexibility index (Phi) is 1.23. The molecule has 2 rings (SSSR count). The van der Waals surface area contributed by atoms with E-state index in [4.69, 9.17) is 0 Å². The maximum atomic E-state index is 2.31. The lowest BCUT2D eigenvalue weighted by Gasteiger charge is -2.02. The van der Waals surface area contributed by atoms with Crippen molar-refractivity contribution in [3.63, 3.8) is 0 Å². The first-order chi connectivity index (χ1) is 4.47. The SMILES string of the molecule is C1=CC2=CCCC2=CS1. The lowest BCUT2D eigenvalue weighted by atomic mass is 10.1. The van der Waals surface area contributed by atoms with Crippen LogP contribution in [0.15, 0.2) is 34.1 Å². The molecule has 1 heterocycles. The summed E-state index contributed by atoms with van der Waals surface area (Å²) in [7, 11) is 0. The molecule has 0 aromatic heterocycles. The zero-order valence-electron chi connectivity index (χ0n) is 5.13. The summed E-state index contributed by atoms with van der Waals surface area (Å²) >= 11 is 1.79. The van der Waals surface area contributed by atoms with Gasteiger partial charge in [-0.25, -0.2) is 0 Å². The third kappa shape index (κ3) is 0.855. The van der Waals surface area contributed by atoms with Crippen molar-refractivity contribution in [2.24, 2.45) is 0 Å². The van der Waals surface area contributed by atoms with Gasteiger partial charge in [-0.15, -0.1) is 11.8 Å². The van der Waals surface area contributed by atoms with Crippen LogP contribution in [0, 0.1) is 0 Å². The predicted molar refractivity (Wildman–Crippen MR) is 42.1 cm³/mol. The van der Waals surface area contributed by atoms with Crippen molar-refractivity contribution in [1.29, 1.82) is 0 Å². The highest BCUT2D eigenvalue weighted by atomic mass is 32.2. The molecule has 0 amide bonds. The van der Waals surface area contributed by atoms with Crippen LogP contribution in [0.4, 0.5) is 0 Å². The van der Waals surface area contributed by atoms with Crippen LogP contribution in [0.3, 0.4) is 0 Å². The van der Waals surface area contributed by atoms with Crippen molar-refractivity contribution >= 4 is 11.8 Å². The van der Waals surface area contributed by atoms with Crippen LogP contribution < -0.4 is 0 Å². The third-order valence-corrected chi connectivity index (χ3v) is 2.40. The van der Waals surface area contributed by atoms with Gasteiger partial charge in [0.2, 0.25) is 0 Å². The van der Waals surface area contributed by atoms with Crippen molar-refractivity contribution in [2.75, 3.05) is 0 Å². The molecule has 1 aliphatic carbocycles. The molecule has 0 aromatic carbocycles. The molecule has 0 unspecified atom stereocenters. The van der Waals surface area contributed by atoms with E-state index < -0.39 is 0 Å². The summed E-state index contributed by atoms with van der Waals surface area (Å²) in [5.74, 6) is 0. The van der Waals surface area contributed by atoms with Crippen LogP contribution in [-0.4, -0.2) is 0 Å². The van der Waals surface area contributed by atoms with E-state index in [1.807, 2.05) is 0 Å². The van der Waals surface area contributed by atoms with Gasteiger partial charge in [-0.3, -0.25) is 0 Å². The van der Waals surface area contributed by atoms with Crippen LogP contribution in [-0.2, 0) is 0 Å². The van der Waals surface area contributed by atoms with Crippen LogP contribution in [0.5, 0.6) is 0 Å². The monoisotopic (exact) mass is 136 g/mol. The second-order valence-electron chi connectivity index (χ2n) is 2.28. The van der Waals surface area contributed by atoms with E-state index in [0.29, 0.717) is 0 Å². The summed E-state index contributed by atoms with van der Waals surface area (Å²) in [5, 5.41) is 4.39. The van der Waals surface area contributed by atoms with Gasteiger partial charge in [-0.1, -0.05) is 6.08 Å². The van der Waals surface area contributed by atoms with Crippen molar-refractivity contribution in [2.45, 2.75) is 12.8 Å². The molecule has 0 saturated heterocycles. The fourth-order valence-electron chi connectivity index (χ4n) is 1.19. The van der Waals surface area contributed by atoms with Gasteiger partial charge >= 0.3 is 0 Å². The van der Waals surface area contributed by atoms with Gasteiger partial charge in [0.15, 0.2) is 0 Å². The fourth-order valence-corrected chi connectivity index (χ4v) is 1.92. The van der Waals surface area contributed by atoms with E-state index in [1.165, 1.54) is 24.0 Å². The molecular weight excluding hydrogens is 128 g/mol. The van der Waals surface area contributed by atoms with E-state index in [1.54, 1.807) is 11.8 Å². The Labute approximate surface area is 59.3 Å². The van der Waals surface area contributed by atoms with Gasteiger partial charge in [0.05, 0.1) is 0 Å². The number of allylic oxidation sites excluding steroid dienone is 4. The van der Waals surface area contributed by atoms with Gasteiger partial charge in [0.25, 0.3) is 0 Å². The van der Waals surface area contributed by atoms with Crippen molar-refractivity contribution in [3.8, 4) is 0 Å². The minimum atomic E-state index is 1.24. The Hall–Kier alpha value is -0.430. The third-order valence-electron chi connectivity index (χ3n) is 1.69. The lowest BCUT2D eigenvalue weighted by Crippen LogP contribution is -1.79. The Morgan fingerprint density at radius 3 is 3.33 bits per heavy atom. The zero-order valence-corrected chi connectivity index (χ0v) is 5.95. The topological polar surface area (TPSA) is 0 Å². The molecule has 0 fully saturated rings. The second-order valence-corrected chi connectivity index (χ2v) is 3.06. The molecule has 46 valence electrons. The Balaban J connectivity index is 2.37. The molecule has 0 aromatic rings. The summed E-state index contributed by atoms with van der Waals surface area (Å²) in [6, 6.07) is 0. The van der Waals surface area contributed by atoms with Crippen molar-refractivity contribution < 1.29 is 0 Å². The molecule has 0 radical (unpaired) electrons. The predicted octanol–water partition coefficient (Wildman–Crippen LogP) is 2.85. The summed E-state index contributed by atoms with van der Waals surface area (Å²) in [5.41, 5.74) is 2.98. The first-order valence-corrected chi connectivity index (χ1v) is 4.13. The quantitative estimate of drug-likeness (QED) is 0.493. The minimum absolute atomic E-state index is 1.24. The zero-order chi connectivity index (χ0) is 6.10. The van der Waals surface area contributed by atoms with E-state index in [2.05, 4.69) is 23.0 Å². The van der Waals surface area contributed by atoms with Crippen molar-refractivity contribution in [1.82, 2.24) is 0 Å². The molecule has 1 heteroatoms. The Morgan fingerprint density at radius 1 is 1.44 bits per heavy atom. The maximum absolute atomic E-state index is 2.31. The number of hydrogen-bond donors (Lipinski definition) is 0. The lowest BCUT2D eigenvalue weighted by molar-refractivity contribution is 1.06. The molecule has 0 atom stereocenters. The molecule has 1 aliphatic heterocycles. The number of hydrogen-bond acceptors (Lipinski definition) is 1. The summed E-state index contributed by atoms with van der Waals surface area (Å²) < 4.78 is 0. The van der Waals surface area contributed by atoms with Crippen LogP contribution in [0.1, 0.15) is 12.8 Å². The average Bonchev–Trinajstić information content (AvgIpc) is 2.33. The maximum Gasteiger partial charge on any atom is -0.0210 e. The van der Waals surface area contributed by atoms with E-state index in [9.17, 15) is 0 Å². The Bertz CT molecular complexity index is 209. The highest BCUT2D eigenvalue weighted by molar-refractivity contribution is 8.05. The van der Waals surface area contributed by atoms with Gasteiger partial charge in [-0.2, -0.15) is 0 Å². The molecule has 2 aliphatic rings. The smallest absolute Gasteiger partial charge is 0.0210 e.